The zero-order valence-electron chi connectivity index (χ0n) is 16.2. The highest BCUT2D eigenvalue weighted by atomic mass is 16.5. The van der Waals surface area contributed by atoms with E-state index in [1.165, 1.54) is 0 Å². The van der Waals surface area contributed by atoms with Crippen LogP contribution < -0.4 is 4.74 Å². The van der Waals surface area contributed by atoms with Crippen LogP contribution in [0.2, 0.25) is 0 Å². The van der Waals surface area contributed by atoms with Gasteiger partial charge in [0.05, 0.1) is 19.1 Å². The average Bonchev–Trinajstić information content (AvgIpc) is 3.20. The number of nitrogens with one attached hydrogen (secondary N) is 1. The van der Waals surface area contributed by atoms with Crippen LogP contribution >= 0.6 is 0 Å². The van der Waals surface area contributed by atoms with E-state index in [1.807, 2.05) is 41.4 Å². The van der Waals surface area contributed by atoms with Crippen molar-refractivity contribution in [1.29, 1.82) is 0 Å². The third-order valence-electron chi connectivity index (χ3n) is 5.04. The van der Waals surface area contributed by atoms with E-state index in [0.717, 1.165) is 11.3 Å². The van der Waals surface area contributed by atoms with E-state index in [1.54, 1.807) is 12.0 Å². The average molecular weight is 369 g/mol. The number of rotatable bonds is 5. The van der Waals surface area contributed by atoms with Gasteiger partial charge in [-0.1, -0.05) is 19.9 Å². The van der Waals surface area contributed by atoms with Crippen molar-refractivity contribution in [2.24, 2.45) is 0 Å². The lowest BCUT2D eigenvalue weighted by molar-refractivity contribution is -0.132. The Bertz CT molecular complexity index is 791. The van der Waals surface area contributed by atoms with E-state index >= 15 is 0 Å². The standard InChI is InChI=1S/C21H27N3O3/c1-15(2)16-6-7-19(27-3)18(13-16)21(26)24-11-9-23(10-12-24)20(25)14-17-5-4-8-22-17/h4-8,13,15,22H,9-12,14H2,1-3H3. The fourth-order valence-electron chi connectivity index (χ4n) is 3.33. The molecule has 1 aromatic carbocycles. The third kappa shape index (κ3) is 4.32. The van der Waals surface area contributed by atoms with E-state index in [4.69, 9.17) is 4.74 Å². The Morgan fingerprint density at radius 1 is 1.11 bits per heavy atom. The smallest absolute Gasteiger partial charge is 0.257 e. The topological polar surface area (TPSA) is 65.6 Å². The molecule has 0 bridgehead atoms. The highest BCUT2D eigenvalue weighted by Crippen LogP contribution is 2.26. The van der Waals surface area contributed by atoms with E-state index in [0.29, 0.717) is 49.8 Å². The Morgan fingerprint density at radius 2 is 1.81 bits per heavy atom. The fraction of sp³-hybridized carbons (Fsp3) is 0.429. The number of benzene rings is 1. The van der Waals surface area contributed by atoms with Gasteiger partial charge < -0.3 is 19.5 Å². The molecular weight excluding hydrogens is 342 g/mol. The molecule has 0 atom stereocenters. The van der Waals surface area contributed by atoms with Gasteiger partial charge in [0.1, 0.15) is 5.75 Å². The number of hydrogen-bond donors (Lipinski definition) is 1. The lowest BCUT2D eigenvalue weighted by Crippen LogP contribution is -2.51. The van der Waals surface area contributed by atoms with Crippen LogP contribution in [0, 0.1) is 0 Å². The van der Waals surface area contributed by atoms with Crippen molar-refractivity contribution in [3.05, 3.63) is 53.3 Å². The number of nitrogens with zero attached hydrogens (tertiary/aromatic N) is 2. The molecule has 6 nitrogen and oxygen atoms in total. The first-order chi connectivity index (χ1) is 13.0. The first kappa shape index (κ1) is 19.0. The molecule has 1 saturated heterocycles. The van der Waals surface area contributed by atoms with E-state index in [2.05, 4.69) is 18.8 Å². The summed E-state index contributed by atoms with van der Waals surface area (Å²) in [6.45, 7) is 6.37. The van der Waals surface area contributed by atoms with Crippen molar-refractivity contribution in [1.82, 2.24) is 14.8 Å². The van der Waals surface area contributed by atoms with Gasteiger partial charge in [0.15, 0.2) is 0 Å². The largest absolute Gasteiger partial charge is 0.496 e. The molecule has 27 heavy (non-hydrogen) atoms. The fourth-order valence-corrected chi connectivity index (χ4v) is 3.33. The summed E-state index contributed by atoms with van der Waals surface area (Å²) in [4.78, 5) is 32.1. The lowest BCUT2D eigenvalue weighted by Gasteiger charge is -2.35. The summed E-state index contributed by atoms with van der Waals surface area (Å²) in [6, 6.07) is 9.58. The molecule has 2 amide bonds. The minimum Gasteiger partial charge on any atom is -0.496 e. The van der Waals surface area contributed by atoms with E-state index in [9.17, 15) is 9.59 Å². The molecule has 2 aromatic rings. The number of H-pyrrole nitrogens is 1. The Kier molecular flexibility index (Phi) is 5.84. The Morgan fingerprint density at radius 3 is 2.41 bits per heavy atom. The number of aromatic amines is 1. The lowest BCUT2D eigenvalue weighted by atomic mass is 9.99. The maximum absolute atomic E-state index is 13.0. The van der Waals surface area contributed by atoms with Crippen molar-refractivity contribution in [3.8, 4) is 5.75 Å². The molecule has 0 aliphatic carbocycles. The predicted octanol–water partition coefficient (Wildman–Crippen LogP) is 2.67. The first-order valence-electron chi connectivity index (χ1n) is 9.37. The number of aromatic nitrogens is 1. The minimum atomic E-state index is -0.0363. The molecule has 0 radical (unpaired) electrons. The zero-order chi connectivity index (χ0) is 19.4. The van der Waals surface area contributed by atoms with Crippen LogP contribution in [0.15, 0.2) is 36.5 Å². The molecule has 3 rings (SSSR count). The zero-order valence-corrected chi connectivity index (χ0v) is 16.2. The van der Waals surface area contributed by atoms with Gasteiger partial charge in [-0.25, -0.2) is 0 Å². The van der Waals surface area contributed by atoms with Gasteiger partial charge in [0.2, 0.25) is 5.91 Å². The van der Waals surface area contributed by atoms with Crippen molar-refractivity contribution in [3.63, 3.8) is 0 Å². The van der Waals surface area contributed by atoms with E-state index < -0.39 is 0 Å². The van der Waals surface area contributed by atoms with Crippen LogP contribution in [0.4, 0.5) is 0 Å². The molecule has 1 aliphatic rings. The Hall–Kier alpha value is -2.76. The molecular formula is C21H27N3O3. The minimum absolute atomic E-state index is 0.0363. The van der Waals surface area contributed by atoms with Crippen molar-refractivity contribution >= 4 is 11.8 Å². The highest BCUT2D eigenvalue weighted by Gasteiger charge is 2.27. The van der Waals surface area contributed by atoms with Crippen LogP contribution in [-0.2, 0) is 11.2 Å². The van der Waals surface area contributed by atoms with Crippen molar-refractivity contribution < 1.29 is 14.3 Å². The summed E-state index contributed by atoms with van der Waals surface area (Å²) in [5.74, 6) is 0.981. The van der Waals surface area contributed by atoms with Crippen LogP contribution in [-0.4, -0.2) is 59.9 Å². The molecule has 1 N–H and O–H groups in total. The third-order valence-corrected chi connectivity index (χ3v) is 5.04. The van der Waals surface area contributed by atoms with Crippen LogP contribution in [0.3, 0.4) is 0 Å². The number of carbonyl (C=O) groups is 2. The molecule has 2 heterocycles. The monoisotopic (exact) mass is 369 g/mol. The number of piperazine rings is 1. The summed E-state index contributed by atoms with van der Waals surface area (Å²) in [6.07, 6.45) is 2.18. The molecule has 0 saturated carbocycles. The number of methoxy groups -OCH3 is 1. The predicted molar refractivity (Wildman–Crippen MR) is 104 cm³/mol. The summed E-state index contributed by atoms with van der Waals surface area (Å²) in [5, 5.41) is 0. The van der Waals surface area contributed by atoms with Gasteiger partial charge in [-0.2, -0.15) is 0 Å². The van der Waals surface area contributed by atoms with Crippen molar-refractivity contribution in [2.75, 3.05) is 33.3 Å². The van der Waals surface area contributed by atoms with Gasteiger partial charge in [0.25, 0.3) is 5.91 Å². The second kappa shape index (κ2) is 8.29. The number of hydrogen-bond acceptors (Lipinski definition) is 3. The van der Waals surface area contributed by atoms with Crippen LogP contribution in [0.1, 0.15) is 41.4 Å². The highest BCUT2D eigenvalue weighted by molar-refractivity contribution is 5.97. The maximum atomic E-state index is 13.0. The molecule has 144 valence electrons. The number of ether oxygens (including phenoxy) is 1. The van der Waals surface area contributed by atoms with Gasteiger partial charge in [0, 0.05) is 38.1 Å². The normalized spacial score (nSPS) is 14.5. The Balaban J connectivity index is 1.64. The second-order valence-electron chi connectivity index (χ2n) is 7.16. The SMILES string of the molecule is COc1ccc(C(C)C)cc1C(=O)N1CCN(C(=O)Cc2ccc[nH]2)CC1. The molecule has 1 fully saturated rings. The van der Waals surface area contributed by atoms with Gasteiger partial charge in [-0.3, -0.25) is 9.59 Å². The second-order valence-corrected chi connectivity index (χ2v) is 7.16. The maximum Gasteiger partial charge on any atom is 0.257 e. The summed E-state index contributed by atoms with van der Waals surface area (Å²) in [7, 11) is 1.58. The quantitative estimate of drug-likeness (QED) is 0.881. The Labute approximate surface area is 160 Å². The molecule has 0 spiro atoms. The van der Waals surface area contributed by atoms with E-state index in [-0.39, 0.29) is 11.8 Å². The number of amides is 2. The van der Waals surface area contributed by atoms with Gasteiger partial charge in [-0.15, -0.1) is 0 Å². The van der Waals surface area contributed by atoms with Gasteiger partial charge >= 0.3 is 0 Å². The first-order valence-corrected chi connectivity index (χ1v) is 9.37. The molecule has 1 aliphatic heterocycles. The number of carbonyl (C=O) groups excluding carboxylic acids is 2. The molecule has 0 unspecified atom stereocenters. The molecule has 1 aromatic heterocycles. The summed E-state index contributed by atoms with van der Waals surface area (Å²) >= 11 is 0. The summed E-state index contributed by atoms with van der Waals surface area (Å²) in [5.41, 5.74) is 2.61. The van der Waals surface area contributed by atoms with Crippen LogP contribution in [0.25, 0.3) is 0 Å². The molecule has 6 heteroatoms. The van der Waals surface area contributed by atoms with Crippen molar-refractivity contribution in [2.45, 2.75) is 26.2 Å². The van der Waals surface area contributed by atoms with Crippen LogP contribution in [0.5, 0.6) is 5.75 Å². The summed E-state index contributed by atoms with van der Waals surface area (Å²) < 4.78 is 5.39. The van der Waals surface area contributed by atoms with Gasteiger partial charge in [-0.05, 0) is 35.7 Å².